The zero-order valence-electron chi connectivity index (χ0n) is 15.1. The first kappa shape index (κ1) is 16.6. The number of methoxy groups -OCH3 is 2. The van der Waals surface area contributed by atoms with Gasteiger partial charge >= 0.3 is 0 Å². The number of rotatable bonds is 6. The van der Waals surface area contributed by atoms with Crippen LogP contribution in [0.2, 0.25) is 0 Å². The zero-order valence-corrected chi connectivity index (χ0v) is 15.1. The second kappa shape index (κ2) is 6.67. The molecule has 0 unspecified atom stereocenters. The van der Waals surface area contributed by atoms with Gasteiger partial charge in [-0.05, 0) is 56.7 Å². The maximum Gasteiger partial charge on any atom is 0.241 e. The molecule has 1 aliphatic rings. The molecule has 0 saturated heterocycles. The van der Waals surface area contributed by atoms with E-state index in [-0.39, 0.29) is 0 Å². The van der Waals surface area contributed by atoms with Gasteiger partial charge in [0.25, 0.3) is 0 Å². The van der Waals surface area contributed by atoms with Crippen LogP contribution >= 0.6 is 0 Å². The molecule has 1 fully saturated rings. The van der Waals surface area contributed by atoms with E-state index in [9.17, 15) is 0 Å². The lowest BCUT2D eigenvalue weighted by molar-refractivity contribution is 0.398. The Labute approximate surface area is 143 Å². The molecule has 5 nitrogen and oxygen atoms in total. The van der Waals surface area contributed by atoms with E-state index in [1.54, 1.807) is 14.2 Å². The van der Waals surface area contributed by atoms with Crippen molar-refractivity contribution in [1.82, 2.24) is 9.97 Å². The highest BCUT2D eigenvalue weighted by Gasteiger charge is 2.23. The Morgan fingerprint density at radius 2 is 1.83 bits per heavy atom. The fraction of sp³-hybridized carbons (Fsp3) is 0.474. The summed E-state index contributed by atoms with van der Waals surface area (Å²) in [6, 6.07) is 4.15. The summed E-state index contributed by atoms with van der Waals surface area (Å²) in [4.78, 5) is 9.34. The summed E-state index contributed by atoms with van der Waals surface area (Å²) >= 11 is 0. The minimum atomic E-state index is 0.583. The summed E-state index contributed by atoms with van der Waals surface area (Å²) in [6.45, 7) is 7.03. The standard InChI is InChI=1S/C19H25N3O2/c1-11-8-12(2)17(23-4)15(9-11)18-21-13(3)16(19(22-18)24-5)20-10-14-6-7-14/h8-9,14,20H,6-7,10H2,1-5H3. The van der Waals surface area contributed by atoms with Crippen molar-refractivity contribution in [2.24, 2.45) is 5.92 Å². The van der Waals surface area contributed by atoms with Crippen LogP contribution < -0.4 is 14.8 Å². The van der Waals surface area contributed by atoms with Crippen LogP contribution in [0.3, 0.4) is 0 Å². The molecular formula is C19H25N3O2. The maximum atomic E-state index is 5.58. The van der Waals surface area contributed by atoms with Crippen LogP contribution in [0.1, 0.15) is 29.7 Å². The van der Waals surface area contributed by atoms with Crippen molar-refractivity contribution in [3.8, 4) is 23.0 Å². The molecule has 1 aliphatic carbocycles. The zero-order chi connectivity index (χ0) is 17.3. The first-order valence-corrected chi connectivity index (χ1v) is 8.35. The van der Waals surface area contributed by atoms with Crippen molar-refractivity contribution in [1.29, 1.82) is 0 Å². The van der Waals surface area contributed by atoms with Crippen LogP contribution in [0, 0.1) is 26.7 Å². The quantitative estimate of drug-likeness (QED) is 0.872. The molecule has 0 aliphatic heterocycles. The molecule has 0 spiro atoms. The third-order valence-corrected chi connectivity index (χ3v) is 4.38. The first-order valence-electron chi connectivity index (χ1n) is 8.35. The van der Waals surface area contributed by atoms with Crippen molar-refractivity contribution in [2.75, 3.05) is 26.1 Å². The number of benzene rings is 1. The van der Waals surface area contributed by atoms with Gasteiger partial charge in [0.2, 0.25) is 5.88 Å². The number of anilines is 1. The van der Waals surface area contributed by atoms with E-state index >= 15 is 0 Å². The smallest absolute Gasteiger partial charge is 0.241 e. The van der Waals surface area contributed by atoms with Crippen LogP contribution in [0.25, 0.3) is 11.4 Å². The lowest BCUT2D eigenvalue weighted by Crippen LogP contribution is -2.09. The third-order valence-electron chi connectivity index (χ3n) is 4.38. The van der Waals surface area contributed by atoms with Crippen LogP contribution in [0.4, 0.5) is 5.69 Å². The summed E-state index contributed by atoms with van der Waals surface area (Å²) in [7, 11) is 3.32. The minimum Gasteiger partial charge on any atom is -0.496 e. The van der Waals surface area contributed by atoms with Gasteiger partial charge in [-0.3, -0.25) is 0 Å². The summed E-state index contributed by atoms with van der Waals surface area (Å²) in [6.07, 6.45) is 2.60. The van der Waals surface area contributed by atoms with Gasteiger partial charge in [-0.15, -0.1) is 0 Å². The van der Waals surface area contributed by atoms with E-state index < -0.39 is 0 Å². The Hall–Kier alpha value is -2.30. The summed E-state index contributed by atoms with van der Waals surface area (Å²) in [5.74, 6) is 2.79. The predicted octanol–water partition coefficient (Wildman–Crippen LogP) is 3.91. The minimum absolute atomic E-state index is 0.583. The molecule has 24 heavy (non-hydrogen) atoms. The molecule has 0 amide bonds. The van der Waals surface area contributed by atoms with Gasteiger partial charge in [-0.1, -0.05) is 6.07 Å². The van der Waals surface area contributed by atoms with Crippen molar-refractivity contribution >= 4 is 5.69 Å². The highest BCUT2D eigenvalue weighted by atomic mass is 16.5. The Kier molecular flexibility index (Phi) is 4.60. The molecule has 1 heterocycles. The maximum absolute atomic E-state index is 5.58. The highest BCUT2D eigenvalue weighted by Crippen LogP contribution is 2.36. The monoisotopic (exact) mass is 327 g/mol. The molecule has 1 N–H and O–H groups in total. The third kappa shape index (κ3) is 3.30. The van der Waals surface area contributed by atoms with Gasteiger partial charge in [0.05, 0.1) is 25.5 Å². The summed E-state index contributed by atoms with van der Waals surface area (Å²) < 4.78 is 11.1. The number of aromatic nitrogens is 2. The second-order valence-electron chi connectivity index (χ2n) is 6.50. The number of hydrogen-bond acceptors (Lipinski definition) is 5. The van der Waals surface area contributed by atoms with Crippen LogP contribution in [0.15, 0.2) is 12.1 Å². The van der Waals surface area contributed by atoms with Gasteiger partial charge < -0.3 is 14.8 Å². The lowest BCUT2D eigenvalue weighted by atomic mass is 10.0. The molecule has 2 aromatic rings. The van der Waals surface area contributed by atoms with Crippen molar-refractivity contribution < 1.29 is 9.47 Å². The normalized spacial score (nSPS) is 13.7. The lowest BCUT2D eigenvalue weighted by Gasteiger charge is -2.16. The topological polar surface area (TPSA) is 56.3 Å². The molecule has 0 atom stereocenters. The van der Waals surface area contributed by atoms with E-state index in [0.29, 0.717) is 11.7 Å². The average molecular weight is 327 g/mol. The van der Waals surface area contributed by atoms with Gasteiger partial charge in [0.15, 0.2) is 5.82 Å². The molecule has 3 rings (SSSR count). The molecule has 5 heteroatoms. The van der Waals surface area contributed by atoms with E-state index in [0.717, 1.165) is 46.3 Å². The SMILES string of the molecule is COc1nc(-c2cc(C)cc(C)c2OC)nc(C)c1NCC1CC1. The number of ether oxygens (including phenoxy) is 2. The Bertz CT molecular complexity index is 755. The number of nitrogens with zero attached hydrogens (tertiary/aromatic N) is 2. The van der Waals surface area contributed by atoms with Gasteiger partial charge in [-0.25, -0.2) is 4.98 Å². The van der Waals surface area contributed by atoms with Gasteiger partial charge in [-0.2, -0.15) is 4.98 Å². The van der Waals surface area contributed by atoms with Gasteiger partial charge in [0, 0.05) is 6.54 Å². The highest BCUT2D eigenvalue weighted by molar-refractivity contribution is 5.70. The first-order chi connectivity index (χ1) is 11.5. The average Bonchev–Trinajstić information content (AvgIpc) is 3.36. The summed E-state index contributed by atoms with van der Waals surface area (Å²) in [5, 5.41) is 3.44. The largest absolute Gasteiger partial charge is 0.496 e. The van der Waals surface area contributed by atoms with Crippen LogP contribution in [-0.4, -0.2) is 30.7 Å². The van der Waals surface area contributed by atoms with Crippen molar-refractivity contribution in [3.05, 3.63) is 29.0 Å². The molecule has 1 saturated carbocycles. The van der Waals surface area contributed by atoms with E-state index in [1.807, 2.05) is 13.8 Å². The molecule has 1 aromatic carbocycles. The van der Waals surface area contributed by atoms with Gasteiger partial charge in [0.1, 0.15) is 11.4 Å². The second-order valence-corrected chi connectivity index (χ2v) is 6.50. The summed E-state index contributed by atoms with van der Waals surface area (Å²) in [5.41, 5.74) is 4.89. The Morgan fingerprint density at radius 3 is 2.46 bits per heavy atom. The molecule has 0 radical (unpaired) electrons. The van der Waals surface area contributed by atoms with Crippen LogP contribution in [0.5, 0.6) is 11.6 Å². The molecule has 128 valence electrons. The number of aryl methyl sites for hydroxylation is 3. The van der Waals surface area contributed by atoms with E-state index in [4.69, 9.17) is 14.5 Å². The Balaban J connectivity index is 2.04. The van der Waals surface area contributed by atoms with Crippen molar-refractivity contribution in [3.63, 3.8) is 0 Å². The van der Waals surface area contributed by atoms with Crippen LogP contribution in [-0.2, 0) is 0 Å². The van der Waals surface area contributed by atoms with E-state index in [1.165, 1.54) is 12.8 Å². The Morgan fingerprint density at radius 1 is 1.08 bits per heavy atom. The molecular weight excluding hydrogens is 302 g/mol. The number of hydrogen-bond donors (Lipinski definition) is 1. The number of nitrogens with one attached hydrogen (secondary N) is 1. The van der Waals surface area contributed by atoms with Crippen molar-refractivity contribution in [2.45, 2.75) is 33.6 Å². The van der Waals surface area contributed by atoms with E-state index in [2.05, 4.69) is 29.4 Å². The fourth-order valence-electron chi connectivity index (χ4n) is 2.98. The predicted molar refractivity (Wildman–Crippen MR) is 96.0 cm³/mol. The molecule has 1 aromatic heterocycles. The fourth-order valence-corrected chi connectivity index (χ4v) is 2.98. The molecule has 0 bridgehead atoms.